The minimum Gasteiger partial charge on any atom is -0.396 e. The first kappa shape index (κ1) is 10.9. The van der Waals surface area contributed by atoms with Crippen LogP contribution in [0.15, 0.2) is 0 Å². The summed E-state index contributed by atoms with van der Waals surface area (Å²) in [5.41, 5.74) is 0. The Morgan fingerprint density at radius 1 is 1.45 bits per heavy atom. The lowest BCUT2D eigenvalue weighted by molar-refractivity contribution is 0.268. The van der Waals surface area contributed by atoms with E-state index in [9.17, 15) is 8.42 Å². The predicted molar refractivity (Wildman–Crippen MR) is 43.8 cm³/mol. The van der Waals surface area contributed by atoms with Gasteiger partial charge in [0.1, 0.15) is 0 Å². The van der Waals surface area contributed by atoms with Crippen LogP contribution in [0, 0.1) is 0 Å². The fourth-order valence-electron chi connectivity index (χ4n) is 0.927. The molecule has 1 unspecified atom stereocenters. The van der Waals surface area contributed by atoms with Gasteiger partial charge in [-0.2, -0.15) is 0 Å². The van der Waals surface area contributed by atoms with Crippen LogP contribution in [0.3, 0.4) is 0 Å². The molecule has 4 nitrogen and oxygen atoms in total. The zero-order chi connectivity index (χ0) is 8.69. The molecule has 0 aliphatic rings. The van der Waals surface area contributed by atoms with Crippen LogP contribution in [0.4, 0.5) is 0 Å². The summed E-state index contributed by atoms with van der Waals surface area (Å²) < 4.78 is 22.8. The monoisotopic (exact) mass is 181 g/mol. The summed E-state index contributed by atoms with van der Waals surface area (Å²) in [6.07, 6.45) is 2.20. The first-order chi connectivity index (χ1) is 5.20. The van der Waals surface area contributed by atoms with E-state index in [1.807, 2.05) is 6.92 Å². The highest BCUT2D eigenvalue weighted by molar-refractivity contribution is 7.70. The summed E-state index contributed by atoms with van der Waals surface area (Å²) in [5, 5.41) is 8.54. The maximum atomic E-state index is 10.2. The number of hydrogen-bond acceptors (Lipinski definition) is 3. The Hall–Kier alpha value is -0.130. The molecule has 0 aromatic heterocycles. The van der Waals surface area contributed by atoms with Crippen molar-refractivity contribution in [3.8, 4) is 0 Å². The molecule has 0 saturated carbocycles. The molecule has 1 atom stereocenters. The first-order valence-electron chi connectivity index (χ1n) is 3.72. The van der Waals surface area contributed by atoms with Crippen LogP contribution < -0.4 is 4.72 Å². The van der Waals surface area contributed by atoms with Crippen LogP contribution in [-0.2, 0) is 10.9 Å². The Morgan fingerprint density at radius 2 is 2.09 bits per heavy atom. The van der Waals surface area contributed by atoms with Gasteiger partial charge >= 0.3 is 0 Å². The molecule has 0 heterocycles. The van der Waals surface area contributed by atoms with Gasteiger partial charge in [-0.3, -0.25) is 0 Å². The van der Waals surface area contributed by atoms with E-state index in [4.69, 9.17) is 5.11 Å². The van der Waals surface area contributed by atoms with Gasteiger partial charge in [-0.15, -0.1) is 0 Å². The summed E-state index contributed by atoms with van der Waals surface area (Å²) in [6.45, 7) is 2.00. The van der Waals surface area contributed by atoms with Crippen molar-refractivity contribution in [3.63, 3.8) is 0 Å². The fourth-order valence-corrected chi connectivity index (χ4v) is 1.48. The second kappa shape index (κ2) is 6.57. The lowest BCUT2D eigenvalue weighted by Gasteiger charge is -2.11. The van der Waals surface area contributed by atoms with E-state index in [0.717, 1.165) is 12.8 Å². The third kappa shape index (κ3) is 6.28. The second-order valence-corrected chi connectivity index (χ2v) is 3.16. The lowest BCUT2D eigenvalue weighted by Crippen LogP contribution is -2.28. The van der Waals surface area contributed by atoms with Crippen molar-refractivity contribution in [1.29, 1.82) is 0 Å². The van der Waals surface area contributed by atoms with E-state index in [0.29, 0.717) is 6.42 Å². The smallest absolute Gasteiger partial charge is 0.201 e. The normalized spacial score (nSPS) is 13.7. The molecule has 0 amide bonds. The average molecular weight is 181 g/mol. The lowest BCUT2D eigenvalue weighted by atomic mass is 10.1. The van der Waals surface area contributed by atoms with Crippen LogP contribution >= 0.6 is 0 Å². The van der Waals surface area contributed by atoms with E-state index in [2.05, 4.69) is 4.72 Å². The third-order valence-electron chi connectivity index (χ3n) is 1.40. The highest BCUT2D eigenvalue weighted by Crippen LogP contribution is 2.00. The topological polar surface area (TPSA) is 66.4 Å². The van der Waals surface area contributed by atoms with Crippen molar-refractivity contribution in [2.75, 3.05) is 6.61 Å². The maximum absolute atomic E-state index is 10.2. The second-order valence-electron chi connectivity index (χ2n) is 2.38. The molecule has 11 heavy (non-hydrogen) atoms. The molecule has 0 radical (unpaired) electrons. The molecule has 0 fully saturated rings. The van der Waals surface area contributed by atoms with E-state index in [1.165, 1.54) is 0 Å². The van der Waals surface area contributed by atoms with Gasteiger partial charge in [-0.1, -0.05) is 13.3 Å². The molecule has 0 aliphatic carbocycles. The van der Waals surface area contributed by atoms with Gasteiger partial charge in [0.05, 0.1) is 0 Å². The Bertz CT molecular complexity index is 144. The maximum Gasteiger partial charge on any atom is 0.201 e. The summed E-state index contributed by atoms with van der Waals surface area (Å²) >= 11 is 0. The summed E-state index contributed by atoms with van der Waals surface area (Å²) in [6, 6.07) is -0.0916. The van der Waals surface area contributed by atoms with E-state index in [1.54, 1.807) is 0 Å². The number of rotatable bonds is 6. The first-order valence-corrected chi connectivity index (χ1v) is 4.89. The number of thiol groups is 1. The summed E-state index contributed by atoms with van der Waals surface area (Å²) in [5.74, 6) is 0. The minimum atomic E-state index is -2.52. The standard InChI is InChI=1S/C6H15NO3S/c1-2-3-6(4-5-8)7-11(9)10/h6,8,11H,2-5H2,1H3,(H,7,9,10). The van der Waals surface area contributed by atoms with Crippen molar-refractivity contribution in [2.45, 2.75) is 32.2 Å². The molecular formula is C6H15NO3S. The van der Waals surface area contributed by atoms with Crippen molar-refractivity contribution in [1.82, 2.24) is 4.72 Å². The van der Waals surface area contributed by atoms with Crippen molar-refractivity contribution in [3.05, 3.63) is 0 Å². The molecule has 0 bridgehead atoms. The quantitative estimate of drug-likeness (QED) is 0.491. The van der Waals surface area contributed by atoms with Crippen LogP contribution in [0.2, 0.25) is 0 Å². The minimum absolute atomic E-state index is 0.0286. The molecular weight excluding hydrogens is 166 g/mol. The summed E-state index contributed by atoms with van der Waals surface area (Å²) in [4.78, 5) is 0. The average Bonchev–Trinajstić information content (AvgIpc) is 1.87. The van der Waals surface area contributed by atoms with Crippen LogP contribution in [0.1, 0.15) is 26.2 Å². The van der Waals surface area contributed by atoms with Crippen LogP contribution in [-0.4, -0.2) is 26.2 Å². The summed E-state index contributed by atoms with van der Waals surface area (Å²) in [7, 11) is -2.52. The van der Waals surface area contributed by atoms with Gasteiger partial charge in [0.25, 0.3) is 0 Å². The third-order valence-corrected chi connectivity index (χ3v) is 1.98. The van der Waals surface area contributed by atoms with Gasteiger partial charge in [-0.05, 0) is 12.8 Å². The Balaban J connectivity index is 3.68. The Labute approximate surface area is 68.7 Å². The number of nitrogens with one attached hydrogen (secondary N) is 1. The van der Waals surface area contributed by atoms with Crippen LogP contribution in [0.25, 0.3) is 0 Å². The van der Waals surface area contributed by atoms with Crippen LogP contribution in [0.5, 0.6) is 0 Å². The Kier molecular flexibility index (Phi) is 6.49. The number of aliphatic hydroxyl groups excluding tert-OH is 1. The molecule has 0 aliphatic heterocycles. The SMILES string of the molecule is CCCC(CCO)N[SH](=O)=O. The molecule has 0 aromatic rings. The van der Waals surface area contributed by atoms with E-state index in [-0.39, 0.29) is 12.6 Å². The number of hydrogen-bond donors (Lipinski definition) is 3. The highest BCUT2D eigenvalue weighted by atomic mass is 32.2. The largest absolute Gasteiger partial charge is 0.396 e. The molecule has 2 N–H and O–H groups in total. The van der Waals surface area contributed by atoms with Gasteiger partial charge < -0.3 is 5.11 Å². The van der Waals surface area contributed by atoms with Crippen molar-refractivity contribution < 1.29 is 13.5 Å². The molecule has 0 spiro atoms. The van der Waals surface area contributed by atoms with Crippen molar-refractivity contribution >= 4 is 10.9 Å². The van der Waals surface area contributed by atoms with Gasteiger partial charge in [0, 0.05) is 12.6 Å². The van der Waals surface area contributed by atoms with Crippen molar-refractivity contribution in [2.24, 2.45) is 0 Å². The molecule has 0 aromatic carbocycles. The predicted octanol–water partition coefficient (Wildman–Crippen LogP) is -0.346. The highest BCUT2D eigenvalue weighted by Gasteiger charge is 2.05. The zero-order valence-electron chi connectivity index (χ0n) is 6.62. The molecule has 68 valence electrons. The van der Waals surface area contributed by atoms with Gasteiger partial charge in [-0.25, -0.2) is 13.1 Å². The van der Waals surface area contributed by atoms with Gasteiger partial charge in [0.15, 0.2) is 0 Å². The van der Waals surface area contributed by atoms with E-state index >= 15 is 0 Å². The fraction of sp³-hybridized carbons (Fsp3) is 1.00. The zero-order valence-corrected chi connectivity index (χ0v) is 7.51. The Morgan fingerprint density at radius 3 is 2.45 bits per heavy atom. The van der Waals surface area contributed by atoms with E-state index < -0.39 is 10.9 Å². The number of aliphatic hydroxyl groups is 1. The molecule has 0 saturated heterocycles. The molecule has 5 heteroatoms. The van der Waals surface area contributed by atoms with Gasteiger partial charge in [0.2, 0.25) is 10.9 Å². The molecule has 0 rings (SSSR count).